The Bertz CT molecular complexity index is 223. The lowest BCUT2D eigenvalue weighted by Gasteiger charge is -2.37. The standard InChI is InChI=1S/C10H17NO2/c1-11-7-10(4-3-5-10)6-8(11)9(12)13-2/h8H,3-7H2,1-2H3. The van der Waals surface area contributed by atoms with Crippen LogP contribution in [0.25, 0.3) is 0 Å². The van der Waals surface area contributed by atoms with Gasteiger partial charge in [0.25, 0.3) is 0 Å². The predicted molar refractivity (Wildman–Crippen MR) is 49.3 cm³/mol. The van der Waals surface area contributed by atoms with Crippen LogP contribution in [-0.4, -0.2) is 37.6 Å². The summed E-state index contributed by atoms with van der Waals surface area (Å²) in [5.41, 5.74) is 0.466. The number of rotatable bonds is 1. The molecule has 2 fully saturated rings. The van der Waals surface area contributed by atoms with Crippen LogP contribution in [0.2, 0.25) is 0 Å². The third kappa shape index (κ3) is 1.35. The zero-order chi connectivity index (χ0) is 9.47. The molecule has 1 heterocycles. The number of methoxy groups -OCH3 is 1. The lowest BCUT2D eigenvalue weighted by molar-refractivity contribution is -0.145. The van der Waals surface area contributed by atoms with E-state index in [1.807, 2.05) is 7.05 Å². The molecule has 2 rings (SSSR count). The number of carbonyl (C=O) groups excluding carboxylic acids is 1. The van der Waals surface area contributed by atoms with Gasteiger partial charge in [0.05, 0.1) is 7.11 Å². The molecule has 1 unspecified atom stereocenters. The van der Waals surface area contributed by atoms with Crippen LogP contribution in [0.15, 0.2) is 0 Å². The van der Waals surface area contributed by atoms with Crippen molar-refractivity contribution in [1.29, 1.82) is 0 Å². The van der Waals surface area contributed by atoms with Crippen LogP contribution in [0.1, 0.15) is 25.7 Å². The lowest BCUT2D eigenvalue weighted by Crippen LogP contribution is -2.33. The van der Waals surface area contributed by atoms with Crippen LogP contribution >= 0.6 is 0 Å². The average molecular weight is 183 g/mol. The van der Waals surface area contributed by atoms with Crippen molar-refractivity contribution in [2.45, 2.75) is 31.7 Å². The number of esters is 1. The second-order valence-electron chi connectivity index (χ2n) is 4.51. The summed E-state index contributed by atoms with van der Waals surface area (Å²) in [4.78, 5) is 13.5. The molecule has 2 aliphatic rings. The van der Waals surface area contributed by atoms with Crippen molar-refractivity contribution in [1.82, 2.24) is 4.90 Å². The number of hydrogen-bond acceptors (Lipinski definition) is 3. The Kier molecular flexibility index (Phi) is 2.06. The van der Waals surface area contributed by atoms with Crippen LogP contribution in [0.4, 0.5) is 0 Å². The molecule has 1 spiro atoms. The molecule has 0 bridgehead atoms. The van der Waals surface area contributed by atoms with Crippen LogP contribution in [0.5, 0.6) is 0 Å². The van der Waals surface area contributed by atoms with Crippen LogP contribution in [0.3, 0.4) is 0 Å². The molecule has 1 aliphatic heterocycles. The number of carbonyl (C=O) groups is 1. The third-order valence-electron chi connectivity index (χ3n) is 3.63. The topological polar surface area (TPSA) is 29.5 Å². The largest absolute Gasteiger partial charge is 0.468 e. The van der Waals surface area contributed by atoms with E-state index in [2.05, 4.69) is 4.90 Å². The molecule has 13 heavy (non-hydrogen) atoms. The molecule has 1 saturated carbocycles. The second kappa shape index (κ2) is 2.98. The molecule has 0 amide bonds. The van der Waals surface area contributed by atoms with Gasteiger partial charge in [0.2, 0.25) is 0 Å². The van der Waals surface area contributed by atoms with Crippen molar-refractivity contribution < 1.29 is 9.53 Å². The van der Waals surface area contributed by atoms with Gasteiger partial charge in [0.15, 0.2) is 0 Å². The van der Waals surface area contributed by atoms with Crippen LogP contribution in [0, 0.1) is 5.41 Å². The maximum Gasteiger partial charge on any atom is 0.323 e. The SMILES string of the molecule is COC(=O)C1CC2(CCC2)CN1C. The zero-order valence-corrected chi connectivity index (χ0v) is 8.38. The van der Waals surface area contributed by atoms with Gasteiger partial charge in [0, 0.05) is 6.54 Å². The molecule has 0 radical (unpaired) electrons. The minimum atomic E-state index is -0.0636. The summed E-state index contributed by atoms with van der Waals surface area (Å²) in [6, 6.07) is 0.0188. The highest BCUT2D eigenvalue weighted by atomic mass is 16.5. The number of hydrogen-bond donors (Lipinski definition) is 0. The first-order chi connectivity index (χ1) is 6.17. The summed E-state index contributed by atoms with van der Waals surface area (Å²) < 4.78 is 4.79. The van der Waals surface area contributed by atoms with Gasteiger partial charge in [-0.15, -0.1) is 0 Å². The smallest absolute Gasteiger partial charge is 0.323 e. The van der Waals surface area contributed by atoms with Crippen LogP contribution in [-0.2, 0) is 9.53 Å². The summed E-state index contributed by atoms with van der Waals surface area (Å²) in [7, 11) is 3.50. The number of ether oxygens (including phenoxy) is 1. The summed E-state index contributed by atoms with van der Waals surface area (Å²) in [6.07, 6.45) is 4.94. The van der Waals surface area contributed by atoms with E-state index in [9.17, 15) is 4.79 Å². The molecule has 0 N–H and O–H groups in total. The van der Waals surface area contributed by atoms with Crippen molar-refractivity contribution in [2.24, 2.45) is 5.41 Å². The van der Waals surface area contributed by atoms with Gasteiger partial charge in [0.1, 0.15) is 6.04 Å². The third-order valence-corrected chi connectivity index (χ3v) is 3.63. The molecule has 0 aromatic carbocycles. The predicted octanol–water partition coefficient (Wildman–Crippen LogP) is 1.03. The number of nitrogens with zero attached hydrogens (tertiary/aromatic N) is 1. The Balaban J connectivity index is 2.03. The Hall–Kier alpha value is -0.570. The average Bonchev–Trinajstić information content (AvgIpc) is 2.41. The molecule has 3 heteroatoms. The molecule has 74 valence electrons. The first-order valence-electron chi connectivity index (χ1n) is 4.95. The minimum absolute atomic E-state index is 0.0188. The molecular weight excluding hydrogens is 166 g/mol. The molecule has 1 saturated heterocycles. The van der Waals surface area contributed by atoms with E-state index in [1.165, 1.54) is 26.4 Å². The summed E-state index contributed by atoms with van der Waals surface area (Å²) in [6.45, 7) is 1.08. The van der Waals surface area contributed by atoms with E-state index in [4.69, 9.17) is 4.74 Å². The van der Waals surface area contributed by atoms with Crippen molar-refractivity contribution >= 4 is 5.97 Å². The molecule has 1 atom stereocenters. The normalized spacial score (nSPS) is 31.7. The van der Waals surface area contributed by atoms with Crippen LogP contribution < -0.4 is 0 Å². The highest BCUT2D eigenvalue weighted by molar-refractivity contribution is 5.76. The quantitative estimate of drug-likeness (QED) is 0.569. The Morgan fingerprint density at radius 1 is 1.54 bits per heavy atom. The summed E-state index contributed by atoms with van der Waals surface area (Å²) in [5.74, 6) is -0.0636. The Morgan fingerprint density at radius 2 is 2.23 bits per heavy atom. The van der Waals surface area contributed by atoms with Gasteiger partial charge < -0.3 is 4.74 Å². The van der Waals surface area contributed by atoms with Gasteiger partial charge in [-0.25, -0.2) is 0 Å². The maximum atomic E-state index is 11.4. The van der Waals surface area contributed by atoms with E-state index >= 15 is 0 Å². The van der Waals surface area contributed by atoms with Crippen molar-refractivity contribution in [3.05, 3.63) is 0 Å². The number of likely N-dealkylation sites (N-methyl/N-ethyl adjacent to an activating group) is 1. The Morgan fingerprint density at radius 3 is 2.62 bits per heavy atom. The van der Waals surface area contributed by atoms with E-state index in [0.29, 0.717) is 5.41 Å². The van der Waals surface area contributed by atoms with Gasteiger partial charge >= 0.3 is 5.97 Å². The van der Waals surface area contributed by atoms with Gasteiger partial charge in [-0.1, -0.05) is 6.42 Å². The zero-order valence-electron chi connectivity index (χ0n) is 8.38. The molecular formula is C10H17NO2. The molecule has 3 nitrogen and oxygen atoms in total. The van der Waals surface area contributed by atoms with Crippen molar-refractivity contribution in [3.63, 3.8) is 0 Å². The van der Waals surface area contributed by atoms with Gasteiger partial charge in [-0.05, 0) is 31.7 Å². The Labute approximate surface area is 79.0 Å². The van der Waals surface area contributed by atoms with Crippen molar-refractivity contribution in [2.75, 3.05) is 20.7 Å². The first kappa shape index (κ1) is 9.00. The summed E-state index contributed by atoms with van der Waals surface area (Å²) in [5, 5.41) is 0. The summed E-state index contributed by atoms with van der Waals surface area (Å²) >= 11 is 0. The fraction of sp³-hybridized carbons (Fsp3) is 0.900. The highest BCUT2D eigenvalue weighted by Gasteiger charge is 2.48. The first-order valence-corrected chi connectivity index (χ1v) is 4.95. The number of likely N-dealkylation sites (tertiary alicyclic amines) is 1. The second-order valence-corrected chi connectivity index (χ2v) is 4.51. The fourth-order valence-electron chi connectivity index (χ4n) is 2.71. The van der Waals surface area contributed by atoms with Gasteiger partial charge in [-0.2, -0.15) is 0 Å². The van der Waals surface area contributed by atoms with E-state index < -0.39 is 0 Å². The molecule has 0 aromatic rings. The van der Waals surface area contributed by atoms with Crippen molar-refractivity contribution in [3.8, 4) is 0 Å². The van der Waals surface area contributed by atoms with E-state index in [-0.39, 0.29) is 12.0 Å². The van der Waals surface area contributed by atoms with Gasteiger partial charge in [-0.3, -0.25) is 9.69 Å². The maximum absolute atomic E-state index is 11.4. The van der Waals surface area contributed by atoms with E-state index in [0.717, 1.165) is 13.0 Å². The van der Waals surface area contributed by atoms with E-state index in [1.54, 1.807) is 0 Å². The lowest BCUT2D eigenvalue weighted by atomic mass is 9.67. The molecule has 0 aromatic heterocycles. The minimum Gasteiger partial charge on any atom is -0.468 e. The monoisotopic (exact) mass is 183 g/mol. The fourth-order valence-corrected chi connectivity index (χ4v) is 2.71. The highest BCUT2D eigenvalue weighted by Crippen LogP contribution is 2.49. The molecule has 1 aliphatic carbocycles.